The molecule has 0 aliphatic heterocycles. The summed E-state index contributed by atoms with van der Waals surface area (Å²) >= 11 is 0. The highest BCUT2D eigenvalue weighted by Gasteiger charge is 2.13. The highest BCUT2D eigenvalue weighted by Crippen LogP contribution is 2.25. The number of ether oxygens (including phenoxy) is 1. The molecule has 118 valence electrons. The molecule has 2 rings (SSSR count). The zero-order valence-electron chi connectivity index (χ0n) is 12.8. The summed E-state index contributed by atoms with van der Waals surface area (Å²) in [6.45, 7) is 1.76. The lowest BCUT2D eigenvalue weighted by molar-refractivity contribution is 0.0599. The molecule has 0 saturated heterocycles. The minimum Gasteiger partial charge on any atom is -0.465 e. The average Bonchev–Trinajstić information content (AvgIpc) is 2.52. The van der Waals surface area contributed by atoms with Crippen LogP contribution in [0.5, 0.6) is 0 Å². The van der Waals surface area contributed by atoms with Gasteiger partial charge in [0.15, 0.2) is 0 Å². The van der Waals surface area contributed by atoms with Gasteiger partial charge >= 0.3 is 5.97 Å². The molecule has 0 heterocycles. The van der Waals surface area contributed by atoms with Gasteiger partial charge in [-0.3, -0.25) is 0 Å². The van der Waals surface area contributed by atoms with Gasteiger partial charge in [0.1, 0.15) is 0 Å². The predicted octanol–water partition coefficient (Wildman–Crippen LogP) is 3.96. The van der Waals surface area contributed by atoms with Crippen molar-refractivity contribution in [3.8, 4) is 0 Å². The maximum atomic E-state index is 11.7. The largest absolute Gasteiger partial charge is 0.465 e. The summed E-state index contributed by atoms with van der Waals surface area (Å²) in [7, 11) is 1.43. The first-order valence-corrected chi connectivity index (χ1v) is 7.68. The molecule has 21 heavy (non-hydrogen) atoms. The van der Waals surface area contributed by atoms with E-state index in [1.54, 1.807) is 0 Å². The number of hydrogen-bond acceptors (Lipinski definition) is 3. The van der Waals surface area contributed by atoms with Crippen LogP contribution in [0.4, 0.5) is 0 Å². The van der Waals surface area contributed by atoms with E-state index in [2.05, 4.69) is 5.32 Å². The molecule has 1 aromatic carbocycles. The monoisotopic (exact) mass is 311 g/mol. The third kappa shape index (κ3) is 5.68. The van der Waals surface area contributed by atoms with E-state index in [0.29, 0.717) is 5.56 Å². The van der Waals surface area contributed by atoms with Crippen LogP contribution in [0.1, 0.15) is 54.4 Å². The van der Waals surface area contributed by atoms with Crippen molar-refractivity contribution in [3.63, 3.8) is 0 Å². The normalized spacial score (nSPS) is 15.3. The summed E-state index contributed by atoms with van der Waals surface area (Å²) in [5.74, 6) is 0.641. The fourth-order valence-corrected chi connectivity index (χ4v) is 2.99. The molecule has 3 nitrogen and oxygen atoms in total. The average molecular weight is 312 g/mol. The highest BCUT2D eigenvalue weighted by atomic mass is 35.5. The summed E-state index contributed by atoms with van der Waals surface area (Å²) in [6.07, 6.45) is 8.24. The Labute approximate surface area is 133 Å². The zero-order valence-corrected chi connectivity index (χ0v) is 13.6. The molecule has 0 aromatic heterocycles. The topological polar surface area (TPSA) is 38.3 Å². The number of hydrogen-bond donors (Lipinski definition) is 1. The molecule has 1 aliphatic carbocycles. The van der Waals surface area contributed by atoms with Gasteiger partial charge in [0.2, 0.25) is 0 Å². The van der Waals surface area contributed by atoms with Crippen molar-refractivity contribution in [3.05, 3.63) is 35.4 Å². The second-order valence-corrected chi connectivity index (χ2v) is 5.62. The van der Waals surface area contributed by atoms with Gasteiger partial charge in [-0.25, -0.2) is 4.79 Å². The third-order valence-electron chi connectivity index (χ3n) is 4.19. The van der Waals surface area contributed by atoms with Crippen molar-refractivity contribution in [2.75, 3.05) is 13.7 Å². The van der Waals surface area contributed by atoms with Crippen LogP contribution in [-0.2, 0) is 11.3 Å². The van der Waals surface area contributed by atoms with Gasteiger partial charge in [-0.15, -0.1) is 12.4 Å². The fraction of sp³-hybridized carbons (Fsp3) is 0.588. The van der Waals surface area contributed by atoms with Crippen molar-refractivity contribution in [2.24, 2.45) is 5.92 Å². The molecular formula is C17H26ClNO2. The summed E-state index contributed by atoms with van der Waals surface area (Å²) in [5, 5.41) is 3.46. The minimum atomic E-state index is -0.255. The Hall–Kier alpha value is -1.06. The zero-order chi connectivity index (χ0) is 14.2. The molecule has 1 aromatic rings. The third-order valence-corrected chi connectivity index (χ3v) is 4.19. The van der Waals surface area contributed by atoms with Crippen molar-refractivity contribution in [1.82, 2.24) is 5.32 Å². The SMILES string of the molecule is COC(=O)c1ccccc1CNCCC1CCCCC1.Cl. The first-order chi connectivity index (χ1) is 9.81. The summed E-state index contributed by atoms with van der Waals surface area (Å²) in [6, 6.07) is 7.65. The van der Waals surface area contributed by atoms with Gasteiger partial charge < -0.3 is 10.1 Å². The van der Waals surface area contributed by atoms with E-state index in [9.17, 15) is 4.79 Å². The van der Waals surface area contributed by atoms with E-state index in [1.807, 2.05) is 24.3 Å². The van der Waals surface area contributed by atoms with E-state index >= 15 is 0 Å². The number of esters is 1. The lowest BCUT2D eigenvalue weighted by Crippen LogP contribution is -2.20. The minimum absolute atomic E-state index is 0. The molecule has 1 N–H and O–H groups in total. The van der Waals surface area contributed by atoms with Gasteiger partial charge in [-0.2, -0.15) is 0 Å². The molecule has 0 bridgehead atoms. The summed E-state index contributed by atoms with van der Waals surface area (Å²) < 4.78 is 4.81. The van der Waals surface area contributed by atoms with E-state index in [0.717, 1.165) is 24.6 Å². The number of carbonyl (C=O) groups excluding carboxylic acids is 1. The van der Waals surface area contributed by atoms with Crippen molar-refractivity contribution in [1.29, 1.82) is 0 Å². The van der Waals surface area contributed by atoms with Crippen LogP contribution in [0.25, 0.3) is 0 Å². The number of carbonyl (C=O) groups is 1. The molecule has 1 saturated carbocycles. The maximum Gasteiger partial charge on any atom is 0.338 e. The number of methoxy groups -OCH3 is 1. The van der Waals surface area contributed by atoms with Crippen molar-refractivity contribution >= 4 is 18.4 Å². The quantitative estimate of drug-likeness (QED) is 0.638. The molecular weight excluding hydrogens is 286 g/mol. The Balaban J connectivity index is 0.00000220. The molecule has 0 unspecified atom stereocenters. The van der Waals surface area contributed by atoms with Crippen LogP contribution in [-0.4, -0.2) is 19.6 Å². The summed E-state index contributed by atoms with van der Waals surface area (Å²) in [5.41, 5.74) is 1.68. The highest BCUT2D eigenvalue weighted by molar-refractivity contribution is 5.90. The van der Waals surface area contributed by atoms with Crippen LogP contribution in [0.15, 0.2) is 24.3 Å². The van der Waals surface area contributed by atoms with Crippen LogP contribution < -0.4 is 5.32 Å². The Kier molecular flexibility index (Phi) is 8.40. The molecule has 0 atom stereocenters. The van der Waals surface area contributed by atoms with Gasteiger partial charge in [-0.1, -0.05) is 50.3 Å². The second-order valence-electron chi connectivity index (χ2n) is 5.62. The molecule has 0 amide bonds. The van der Waals surface area contributed by atoms with E-state index in [1.165, 1.54) is 45.6 Å². The standard InChI is InChI=1S/C17H25NO2.ClH/c1-20-17(19)16-10-6-5-9-15(16)13-18-12-11-14-7-3-2-4-8-14;/h5-6,9-10,14,18H,2-4,7-8,11-13H2,1H3;1H. The first-order valence-electron chi connectivity index (χ1n) is 7.68. The van der Waals surface area contributed by atoms with Gasteiger partial charge in [0, 0.05) is 6.54 Å². The molecule has 1 aliphatic rings. The molecule has 1 fully saturated rings. The van der Waals surface area contributed by atoms with Gasteiger partial charge in [0.05, 0.1) is 12.7 Å². The van der Waals surface area contributed by atoms with E-state index in [4.69, 9.17) is 4.74 Å². The Bertz CT molecular complexity index is 431. The molecule has 0 radical (unpaired) electrons. The second kappa shape index (κ2) is 9.80. The van der Waals surface area contributed by atoms with Gasteiger partial charge in [0.25, 0.3) is 0 Å². The van der Waals surface area contributed by atoms with Gasteiger partial charge in [-0.05, 0) is 30.5 Å². The van der Waals surface area contributed by atoms with Crippen molar-refractivity contribution in [2.45, 2.75) is 45.1 Å². The molecule has 4 heteroatoms. The Morgan fingerprint density at radius 2 is 1.95 bits per heavy atom. The summed E-state index contributed by atoms with van der Waals surface area (Å²) in [4.78, 5) is 11.7. The lowest BCUT2D eigenvalue weighted by Gasteiger charge is -2.21. The van der Waals surface area contributed by atoms with Crippen LogP contribution in [0.3, 0.4) is 0 Å². The number of nitrogens with one attached hydrogen (secondary N) is 1. The van der Waals surface area contributed by atoms with Crippen molar-refractivity contribution < 1.29 is 9.53 Å². The fourth-order valence-electron chi connectivity index (χ4n) is 2.99. The Morgan fingerprint density at radius 1 is 1.24 bits per heavy atom. The van der Waals surface area contributed by atoms with E-state index in [-0.39, 0.29) is 18.4 Å². The first kappa shape index (κ1) is 18.0. The van der Waals surface area contributed by atoms with Crippen LogP contribution in [0.2, 0.25) is 0 Å². The van der Waals surface area contributed by atoms with Crippen LogP contribution in [0, 0.1) is 5.92 Å². The predicted molar refractivity (Wildman–Crippen MR) is 87.9 cm³/mol. The lowest BCUT2D eigenvalue weighted by atomic mass is 9.87. The maximum absolute atomic E-state index is 11.7. The molecule has 0 spiro atoms. The smallest absolute Gasteiger partial charge is 0.338 e. The number of rotatable bonds is 6. The van der Waals surface area contributed by atoms with Crippen LogP contribution >= 0.6 is 12.4 Å². The van der Waals surface area contributed by atoms with E-state index < -0.39 is 0 Å². The Morgan fingerprint density at radius 3 is 2.67 bits per heavy atom. The number of benzene rings is 1. The number of halogens is 1.